The minimum absolute atomic E-state index is 0.0851. The van der Waals surface area contributed by atoms with Crippen LogP contribution >= 0.6 is 0 Å². The number of hydrogen-bond acceptors (Lipinski definition) is 4. The van der Waals surface area contributed by atoms with Crippen molar-refractivity contribution in [2.75, 3.05) is 36.9 Å². The van der Waals surface area contributed by atoms with Gasteiger partial charge in [0.1, 0.15) is 5.82 Å². The molecule has 0 bridgehead atoms. The number of halogens is 1. The molecule has 2 N–H and O–H groups in total. The van der Waals surface area contributed by atoms with E-state index in [0.29, 0.717) is 36.1 Å². The summed E-state index contributed by atoms with van der Waals surface area (Å²) in [6.45, 7) is 9.02. The Morgan fingerprint density at radius 1 is 1.16 bits per heavy atom. The molecule has 0 aromatic heterocycles. The molecule has 0 unspecified atom stereocenters. The van der Waals surface area contributed by atoms with Crippen molar-refractivity contribution in [1.29, 1.82) is 0 Å². The molecule has 4 rings (SSSR count). The van der Waals surface area contributed by atoms with Crippen LogP contribution in [-0.2, 0) is 21.4 Å². The van der Waals surface area contributed by atoms with Crippen LogP contribution in [0.15, 0.2) is 36.4 Å². The number of carbonyl (C=O) groups excluding carboxylic acids is 1. The van der Waals surface area contributed by atoms with Crippen LogP contribution in [0.1, 0.15) is 62.6 Å². The summed E-state index contributed by atoms with van der Waals surface area (Å²) in [6.07, 6.45) is 4.01. The summed E-state index contributed by atoms with van der Waals surface area (Å²) in [5.41, 5.74) is 2.48. The molecule has 1 saturated carbocycles. The van der Waals surface area contributed by atoms with E-state index in [0.717, 1.165) is 55.7 Å². The fourth-order valence-corrected chi connectivity index (χ4v) is 5.65. The normalized spacial score (nSPS) is 17.9. The Balaban J connectivity index is 1.70. The molecule has 2 aromatic rings. The van der Waals surface area contributed by atoms with Crippen LogP contribution in [0.4, 0.5) is 15.8 Å². The Labute approximate surface area is 219 Å². The van der Waals surface area contributed by atoms with Gasteiger partial charge < -0.3 is 20.2 Å². The van der Waals surface area contributed by atoms with Gasteiger partial charge in [-0.3, -0.25) is 9.59 Å². The van der Waals surface area contributed by atoms with Crippen molar-refractivity contribution in [3.8, 4) is 0 Å². The summed E-state index contributed by atoms with van der Waals surface area (Å²) in [5, 5.41) is 13.1. The van der Waals surface area contributed by atoms with Crippen LogP contribution in [0, 0.1) is 18.7 Å². The Hall–Kier alpha value is -2.93. The number of carboxylic acids is 1. The Morgan fingerprint density at radius 2 is 1.86 bits per heavy atom. The third kappa shape index (κ3) is 5.98. The number of rotatable bonds is 9. The molecule has 1 heterocycles. The number of anilines is 2. The van der Waals surface area contributed by atoms with Crippen LogP contribution in [-0.4, -0.2) is 54.6 Å². The molecule has 0 spiro atoms. The van der Waals surface area contributed by atoms with E-state index in [1.807, 2.05) is 25.1 Å². The van der Waals surface area contributed by atoms with Crippen LogP contribution in [0.2, 0.25) is 0 Å². The van der Waals surface area contributed by atoms with Crippen molar-refractivity contribution in [1.82, 2.24) is 4.90 Å². The summed E-state index contributed by atoms with van der Waals surface area (Å²) in [6, 6.07) is 11.0. The second-order valence-corrected chi connectivity index (χ2v) is 11.4. The Bertz CT molecular complexity index is 1140. The monoisotopic (exact) mass is 509 g/mol. The van der Waals surface area contributed by atoms with Crippen molar-refractivity contribution in [2.24, 2.45) is 5.92 Å². The maximum Gasteiger partial charge on any atom is 0.314 e. The lowest BCUT2D eigenvalue weighted by molar-refractivity contribution is -0.147. The molecule has 200 valence electrons. The number of amides is 1. The number of carboxylic acid groups (broad SMARTS) is 1. The van der Waals surface area contributed by atoms with E-state index in [-0.39, 0.29) is 12.3 Å². The molecule has 6 nitrogen and oxygen atoms in total. The molecule has 1 saturated heterocycles. The van der Waals surface area contributed by atoms with Gasteiger partial charge in [-0.2, -0.15) is 0 Å². The molecule has 1 aliphatic carbocycles. The summed E-state index contributed by atoms with van der Waals surface area (Å²) in [7, 11) is 2.14. The van der Waals surface area contributed by atoms with Gasteiger partial charge in [0.25, 0.3) is 0 Å². The molecule has 1 amide bonds. The predicted molar refractivity (Wildman–Crippen MR) is 146 cm³/mol. The van der Waals surface area contributed by atoms with Gasteiger partial charge in [0.15, 0.2) is 0 Å². The first-order valence-electron chi connectivity index (χ1n) is 13.5. The number of aliphatic carboxylic acids is 1. The van der Waals surface area contributed by atoms with Gasteiger partial charge >= 0.3 is 5.97 Å². The van der Waals surface area contributed by atoms with E-state index in [1.165, 1.54) is 6.07 Å². The molecule has 2 aromatic carbocycles. The average Bonchev–Trinajstić information content (AvgIpc) is 2.79. The molecule has 37 heavy (non-hydrogen) atoms. The van der Waals surface area contributed by atoms with Gasteiger partial charge in [-0.25, -0.2) is 4.39 Å². The predicted octanol–water partition coefficient (Wildman–Crippen LogP) is 5.38. The summed E-state index contributed by atoms with van der Waals surface area (Å²) in [4.78, 5) is 30.2. The van der Waals surface area contributed by atoms with Gasteiger partial charge in [0.2, 0.25) is 5.91 Å². The fraction of sp³-hybridized carbons (Fsp3) is 0.533. The van der Waals surface area contributed by atoms with E-state index in [9.17, 15) is 19.1 Å². The summed E-state index contributed by atoms with van der Waals surface area (Å²) < 4.78 is 14.5. The van der Waals surface area contributed by atoms with Gasteiger partial charge in [-0.15, -0.1) is 0 Å². The highest BCUT2D eigenvalue weighted by Gasteiger charge is 2.46. The smallest absolute Gasteiger partial charge is 0.314 e. The molecule has 7 heteroatoms. The van der Waals surface area contributed by atoms with E-state index < -0.39 is 17.2 Å². The molecule has 0 atom stereocenters. The second kappa shape index (κ2) is 11.2. The number of carbonyl (C=O) groups is 2. The van der Waals surface area contributed by atoms with Crippen molar-refractivity contribution in [3.63, 3.8) is 0 Å². The maximum absolute atomic E-state index is 14.5. The Kier molecular flexibility index (Phi) is 8.22. The number of nitrogens with zero attached hydrogens (tertiary/aromatic N) is 2. The number of benzene rings is 2. The van der Waals surface area contributed by atoms with Crippen molar-refractivity contribution >= 4 is 23.3 Å². The van der Waals surface area contributed by atoms with Gasteiger partial charge in [0.05, 0.1) is 23.2 Å². The number of likely N-dealkylation sites (tertiary alicyclic amines) is 1. The van der Waals surface area contributed by atoms with Gasteiger partial charge in [0, 0.05) is 12.6 Å². The lowest BCUT2D eigenvalue weighted by Crippen LogP contribution is -2.46. The van der Waals surface area contributed by atoms with Crippen molar-refractivity contribution in [3.05, 3.63) is 58.9 Å². The summed E-state index contributed by atoms with van der Waals surface area (Å²) >= 11 is 0. The molecule has 1 aliphatic heterocycles. The van der Waals surface area contributed by atoms with Crippen molar-refractivity contribution in [2.45, 2.75) is 70.8 Å². The van der Waals surface area contributed by atoms with Crippen LogP contribution < -0.4 is 10.2 Å². The zero-order valence-electron chi connectivity index (χ0n) is 22.5. The number of aryl methyl sites for hydroxylation is 1. The highest BCUT2D eigenvalue weighted by Crippen LogP contribution is 2.46. The number of hydrogen-bond donors (Lipinski definition) is 2. The molecular formula is C30H40FN3O3. The van der Waals surface area contributed by atoms with E-state index in [1.54, 1.807) is 12.1 Å². The van der Waals surface area contributed by atoms with Gasteiger partial charge in [-0.05, 0) is 93.6 Å². The molecule has 2 fully saturated rings. The first-order valence-corrected chi connectivity index (χ1v) is 13.5. The lowest BCUT2D eigenvalue weighted by atomic mass is 9.64. The first kappa shape index (κ1) is 27.1. The Morgan fingerprint density at radius 3 is 2.43 bits per heavy atom. The molecule has 2 aliphatic rings. The fourth-order valence-electron chi connectivity index (χ4n) is 5.65. The standard InChI is InChI=1S/C30H40FN3O3/c1-20(2)19-34(24-10-14-33(4)15-11-24)27-9-8-23(30(29(36)37)12-5-13-30)18-26(27)32-28(35)17-22-7-6-21(3)16-25(22)31/h6-9,16,18,20,24H,5,10-15,17,19H2,1-4H3,(H,32,35)(H,36,37). The highest BCUT2D eigenvalue weighted by atomic mass is 19.1. The zero-order chi connectivity index (χ0) is 26.7. The zero-order valence-corrected chi connectivity index (χ0v) is 22.5. The molecular weight excluding hydrogens is 469 g/mol. The second-order valence-electron chi connectivity index (χ2n) is 11.4. The van der Waals surface area contributed by atoms with E-state index in [4.69, 9.17) is 0 Å². The quantitative estimate of drug-likeness (QED) is 0.475. The summed E-state index contributed by atoms with van der Waals surface area (Å²) in [5.74, 6) is -1.12. The SMILES string of the molecule is Cc1ccc(CC(=O)Nc2cc(C3(C(=O)O)CCC3)ccc2N(CC(C)C)C2CCN(C)CC2)c(F)c1. The first-order chi connectivity index (χ1) is 17.6. The third-order valence-electron chi connectivity index (χ3n) is 8.00. The molecule has 0 radical (unpaired) electrons. The maximum atomic E-state index is 14.5. The van der Waals surface area contributed by atoms with Crippen LogP contribution in [0.5, 0.6) is 0 Å². The van der Waals surface area contributed by atoms with Crippen LogP contribution in [0.3, 0.4) is 0 Å². The van der Waals surface area contributed by atoms with Crippen LogP contribution in [0.25, 0.3) is 0 Å². The van der Waals surface area contributed by atoms with Crippen molar-refractivity contribution < 1.29 is 19.1 Å². The third-order valence-corrected chi connectivity index (χ3v) is 8.00. The largest absolute Gasteiger partial charge is 0.481 e. The van der Waals surface area contributed by atoms with Gasteiger partial charge in [-0.1, -0.05) is 38.5 Å². The number of nitrogens with one attached hydrogen (secondary N) is 1. The minimum atomic E-state index is -0.905. The number of piperidine rings is 1. The highest BCUT2D eigenvalue weighted by molar-refractivity contribution is 5.96. The average molecular weight is 510 g/mol. The van der Waals surface area contributed by atoms with E-state index in [2.05, 4.69) is 36.0 Å². The lowest BCUT2D eigenvalue weighted by Gasteiger charge is -2.42. The topological polar surface area (TPSA) is 72.9 Å². The van der Waals surface area contributed by atoms with E-state index >= 15 is 0 Å². The minimum Gasteiger partial charge on any atom is -0.481 e.